The Balaban J connectivity index is 1.27. The molecule has 1 saturated heterocycles. The summed E-state index contributed by atoms with van der Waals surface area (Å²) in [5.74, 6) is -1.01. The molecule has 1 fully saturated rings. The summed E-state index contributed by atoms with van der Waals surface area (Å²) in [6.45, 7) is 10.8. The Hall–Kier alpha value is -7.02. The quantitative estimate of drug-likeness (QED) is 0.131. The number of amides is 4. The third-order valence-electron chi connectivity index (χ3n) is 11.2. The summed E-state index contributed by atoms with van der Waals surface area (Å²) in [7, 11) is 0. The number of primary amides is 2. The van der Waals surface area contributed by atoms with Crippen LogP contribution in [0.1, 0.15) is 79.8 Å². The van der Waals surface area contributed by atoms with Crippen LogP contribution in [0.3, 0.4) is 0 Å². The van der Waals surface area contributed by atoms with E-state index in [0.29, 0.717) is 69.4 Å². The molecular formula is C42H49N13O6. The number of hydrogen-bond acceptors (Lipinski definition) is 11. The van der Waals surface area contributed by atoms with E-state index in [9.17, 15) is 19.2 Å². The van der Waals surface area contributed by atoms with Gasteiger partial charge < -0.3 is 35.4 Å². The molecule has 0 bridgehead atoms. The normalized spacial score (nSPS) is 15.7. The molecule has 0 spiro atoms. The molecule has 6 heterocycles. The molecule has 4 amide bonds. The van der Waals surface area contributed by atoms with Crippen molar-refractivity contribution in [3.05, 3.63) is 82.5 Å². The number of aromatic nitrogens is 8. The highest BCUT2D eigenvalue weighted by atomic mass is 16.5. The van der Waals surface area contributed by atoms with Gasteiger partial charge in [0.1, 0.15) is 33.9 Å². The van der Waals surface area contributed by atoms with Crippen LogP contribution in [0.25, 0.3) is 22.1 Å². The fourth-order valence-corrected chi connectivity index (χ4v) is 8.17. The number of allylic oxidation sites excluding steroid dienone is 2. The van der Waals surface area contributed by atoms with Gasteiger partial charge in [0.15, 0.2) is 0 Å². The monoisotopic (exact) mass is 831 g/mol. The van der Waals surface area contributed by atoms with E-state index in [1.54, 1.807) is 45.8 Å². The van der Waals surface area contributed by atoms with Crippen molar-refractivity contribution in [3.63, 3.8) is 0 Å². The predicted molar refractivity (Wildman–Crippen MR) is 227 cm³/mol. The zero-order chi connectivity index (χ0) is 42.9. The van der Waals surface area contributed by atoms with Crippen molar-refractivity contribution < 1.29 is 28.7 Å². The van der Waals surface area contributed by atoms with E-state index in [0.717, 1.165) is 25.9 Å². The van der Waals surface area contributed by atoms with Crippen molar-refractivity contribution in [2.45, 2.75) is 66.7 Å². The maximum Gasteiger partial charge on any atom is 0.276 e. The van der Waals surface area contributed by atoms with E-state index in [-0.39, 0.29) is 61.2 Å². The highest BCUT2D eigenvalue weighted by Crippen LogP contribution is 2.35. The van der Waals surface area contributed by atoms with E-state index in [1.165, 1.54) is 0 Å². The van der Waals surface area contributed by atoms with Gasteiger partial charge in [-0.3, -0.25) is 39.2 Å². The lowest BCUT2D eigenvalue weighted by atomic mass is 9.85. The van der Waals surface area contributed by atoms with Crippen LogP contribution in [-0.4, -0.2) is 88.6 Å². The number of rotatable bonds is 9. The zero-order valence-electron chi connectivity index (χ0n) is 34.5. The second-order valence-electron chi connectivity index (χ2n) is 15.3. The second-order valence-corrected chi connectivity index (χ2v) is 15.3. The lowest BCUT2D eigenvalue weighted by Crippen LogP contribution is -2.36. The molecule has 4 aromatic heterocycles. The smallest absolute Gasteiger partial charge is 0.276 e. The lowest BCUT2D eigenvalue weighted by Gasteiger charge is -2.31. The molecule has 0 radical (unpaired) electrons. The summed E-state index contributed by atoms with van der Waals surface area (Å²) in [5, 5.41) is 18.3. The number of imidazole rings is 2. The third kappa shape index (κ3) is 8.15. The van der Waals surface area contributed by atoms with Gasteiger partial charge >= 0.3 is 0 Å². The van der Waals surface area contributed by atoms with Crippen LogP contribution in [0.4, 0.5) is 11.9 Å². The van der Waals surface area contributed by atoms with Gasteiger partial charge in [0.05, 0.1) is 35.6 Å². The predicted octanol–water partition coefficient (Wildman–Crippen LogP) is 3.78. The van der Waals surface area contributed by atoms with Gasteiger partial charge in [-0.2, -0.15) is 10.2 Å². The molecule has 2 aliphatic rings. The molecule has 0 unspecified atom stereocenters. The second kappa shape index (κ2) is 16.9. The molecule has 7 N–H and O–H groups in total. The van der Waals surface area contributed by atoms with Gasteiger partial charge in [-0.25, -0.2) is 9.97 Å². The van der Waals surface area contributed by atoms with Crippen LogP contribution in [-0.2, 0) is 26.2 Å². The van der Waals surface area contributed by atoms with Crippen LogP contribution in [0.15, 0.2) is 48.6 Å². The third-order valence-corrected chi connectivity index (χ3v) is 11.2. The standard InChI is InChI=1S/C42H49N13O6/c1-5-54-31(15-23(3)50-54)39(58)48-41-46-29-17-26(37(43)56)19-33-35(29)52(41)13-7-8-14-53-36-30(47-42(53)49-40(59)32-16-24(4)51-55(32)6-2)18-27(38(44)57)20-34(36)61-22-28(21-60-33)25-9-11-45-12-10-25/h7-8,15-20,25,28,45H,5-6,9-14,21-22H2,1-4H3,(H2,43,56)(H2,44,57)(H,46,48,58)(H,47,49,59)/b8-7+. The summed E-state index contributed by atoms with van der Waals surface area (Å²) < 4.78 is 20.2. The topological polar surface area (TPSA) is 246 Å². The van der Waals surface area contributed by atoms with E-state index >= 15 is 0 Å². The summed E-state index contributed by atoms with van der Waals surface area (Å²) in [6.07, 6.45) is 5.48. The van der Waals surface area contributed by atoms with Crippen LogP contribution >= 0.6 is 0 Å². The van der Waals surface area contributed by atoms with E-state index < -0.39 is 23.6 Å². The number of carbonyl (C=O) groups excluding carboxylic acids is 4. The van der Waals surface area contributed by atoms with Crippen molar-refractivity contribution in [1.82, 2.24) is 44.0 Å². The molecule has 19 nitrogen and oxygen atoms in total. The number of aryl methyl sites for hydroxylation is 4. The maximum atomic E-state index is 13.8. The molecular weight excluding hydrogens is 783 g/mol. The fourth-order valence-electron chi connectivity index (χ4n) is 8.17. The maximum absolute atomic E-state index is 13.8. The Morgan fingerprint density at radius 2 is 1.13 bits per heavy atom. The van der Waals surface area contributed by atoms with Gasteiger partial charge in [-0.1, -0.05) is 12.2 Å². The molecule has 0 aliphatic carbocycles. The van der Waals surface area contributed by atoms with Gasteiger partial charge in [-0.05, 0) is 95.9 Å². The molecule has 6 aromatic rings. The Kier molecular flexibility index (Phi) is 11.3. The molecule has 2 aliphatic heterocycles. The minimum atomic E-state index is -0.663. The molecule has 8 rings (SSSR count). The van der Waals surface area contributed by atoms with E-state index in [2.05, 4.69) is 26.1 Å². The van der Waals surface area contributed by atoms with Gasteiger partial charge in [-0.15, -0.1) is 0 Å². The number of carbonyl (C=O) groups is 4. The molecule has 0 atom stereocenters. The first-order valence-electron chi connectivity index (χ1n) is 20.4. The number of ether oxygens (including phenoxy) is 2. The van der Waals surface area contributed by atoms with Crippen molar-refractivity contribution in [2.75, 3.05) is 36.9 Å². The number of piperidine rings is 1. The Labute approximate surface area is 350 Å². The van der Waals surface area contributed by atoms with Crippen LogP contribution in [0.2, 0.25) is 0 Å². The number of nitrogens with one attached hydrogen (secondary N) is 3. The molecule has 318 valence electrons. The van der Waals surface area contributed by atoms with Crippen LogP contribution in [0, 0.1) is 25.7 Å². The van der Waals surface area contributed by atoms with Crippen molar-refractivity contribution in [1.29, 1.82) is 0 Å². The first-order chi connectivity index (χ1) is 29.4. The van der Waals surface area contributed by atoms with Crippen molar-refractivity contribution >= 4 is 57.6 Å². The average Bonchev–Trinajstić information content (AvgIpc) is 4.01. The van der Waals surface area contributed by atoms with Gasteiger partial charge in [0.2, 0.25) is 23.7 Å². The first kappa shape index (κ1) is 40.7. The Morgan fingerprint density at radius 1 is 0.689 bits per heavy atom. The minimum Gasteiger partial charge on any atom is -0.491 e. The van der Waals surface area contributed by atoms with Crippen LogP contribution < -0.4 is 36.9 Å². The summed E-state index contributed by atoms with van der Waals surface area (Å²) in [4.78, 5) is 62.6. The molecule has 2 aromatic carbocycles. The Bertz CT molecular complexity index is 2540. The van der Waals surface area contributed by atoms with Crippen molar-refractivity contribution in [3.8, 4) is 11.5 Å². The fraction of sp³-hybridized carbons (Fsp3) is 0.381. The number of hydrogen-bond donors (Lipinski definition) is 5. The van der Waals surface area contributed by atoms with Crippen molar-refractivity contribution in [2.24, 2.45) is 23.3 Å². The number of benzene rings is 2. The van der Waals surface area contributed by atoms with E-state index in [1.807, 2.05) is 49.0 Å². The van der Waals surface area contributed by atoms with Gasteiger partial charge in [0, 0.05) is 43.2 Å². The minimum absolute atomic E-state index is 0.175. The summed E-state index contributed by atoms with van der Waals surface area (Å²) in [5.41, 5.74) is 16.0. The van der Waals surface area contributed by atoms with E-state index in [4.69, 9.17) is 30.9 Å². The zero-order valence-corrected chi connectivity index (χ0v) is 34.5. The number of anilines is 2. The largest absolute Gasteiger partial charge is 0.491 e. The molecule has 61 heavy (non-hydrogen) atoms. The summed E-state index contributed by atoms with van der Waals surface area (Å²) >= 11 is 0. The van der Waals surface area contributed by atoms with Crippen LogP contribution in [0.5, 0.6) is 11.5 Å². The first-order valence-corrected chi connectivity index (χ1v) is 20.4. The van der Waals surface area contributed by atoms with Gasteiger partial charge in [0.25, 0.3) is 11.8 Å². The molecule has 0 saturated carbocycles. The highest BCUT2D eigenvalue weighted by Gasteiger charge is 2.29. The summed E-state index contributed by atoms with van der Waals surface area (Å²) in [6, 6.07) is 9.78. The average molecular weight is 832 g/mol. The highest BCUT2D eigenvalue weighted by molar-refractivity contribution is 6.05. The lowest BCUT2D eigenvalue weighted by molar-refractivity contribution is 0.0991. The number of nitrogens with two attached hydrogens (primary N) is 2. The SMILES string of the molecule is CCn1nc(C)cc1C(=O)Nc1nc2cc(C(N)=O)cc3c2n1C/C=C/Cn1c(NC(=O)c2cc(C)nn2CC)nc2cc(C(N)=O)cc(c21)OCC(C1CCNCC1)CO3. The Morgan fingerprint density at radius 3 is 1.54 bits per heavy atom. The number of nitrogens with zero attached hydrogens (tertiary/aromatic N) is 8. The molecule has 19 heteroatoms.